The lowest BCUT2D eigenvalue weighted by Crippen LogP contribution is -2.39. The van der Waals surface area contributed by atoms with Crippen molar-refractivity contribution in [1.82, 2.24) is 4.90 Å². The number of carbonyl (C=O) groups excluding carboxylic acids is 1. The minimum Gasteiger partial charge on any atom is -0.478 e. The van der Waals surface area contributed by atoms with Gasteiger partial charge in [0.25, 0.3) is 0 Å². The maximum absolute atomic E-state index is 12.5. The van der Waals surface area contributed by atoms with Crippen molar-refractivity contribution in [3.05, 3.63) is 28.8 Å². The quantitative estimate of drug-likeness (QED) is 0.888. The molecule has 1 aromatic rings. The van der Waals surface area contributed by atoms with Crippen LogP contribution in [0.4, 0.5) is 10.5 Å². The van der Waals surface area contributed by atoms with E-state index < -0.39 is 11.6 Å². The molecule has 0 fully saturated rings. The molecule has 2 heterocycles. The third-order valence-electron chi connectivity index (χ3n) is 4.84. The summed E-state index contributed by atoms with van der Waals surface area (Å²) in [5, 5.41) is 9.57. The smallest absolute Gasteiger partial charge is 0.410 e. The minimum absolute atomic E-state index is 0.231. The van der Waals surface area contributed by atoms with Gasteiger partial charge < -0.3 is 19.6 Å². The van der Waals surface area contributed by atoms with E-state index in [0.717, 1.165) is 29.8 Å². The van der Waals surface area contributed by atoms with Crippen LogP contribution >= 0.6 is 0 Å². The van der Waals surface area contributed by atoms with Gasteiger partial charge in [-0.3, -0.25) is 0 Å². The molecule has 1 N–H and O–H groups in total. The van der Waals surface area contributed by atoms with E-state index in [1.165, 1.54) is 0 Å². The van der Waals surface area contributed by atoms with Gasteiger partial charge in [-0.1, -0.05) is 13.0 Å². The van der Waals surface area contributed by atoms with Crippen LogP contribution in [0.25, 0.3) is 0 Å². The molecule has 2 aliphatic heterocycles. The summed E-state index contributed by atoms with van der Waals surface area (Å²) in [5.74, 6) is -0.652. The molecule has 6 heteroatoms. The molecule has 0 saturated carbocycles. The largest absolute Gasteiger partial charge is 0.478 e. The number of nitrogens with zero attached hydrogens (tertiary/aromatic N) is 2. The van der Waals surface area contributed by atoms with Gasteiger partial charge in [0.2, 0.25) is 0 Å². The molecule has 0 radical (unpaired) electrons. The van der Waals surface area contributed by atoms with E-state index in [2.05, 4.69) is 11.8 Å². The first-order valence-electron chi connectivity index (χ1n) is 8.83. The van der Waals surface area contributed by atoms with E-state index >= 15 is 0 Å². The number of benzene rings is 1. The Morgan fingerprint density at radius 3 is 2.60 bits per heavy atom. The van der Waals surface area contributed by atoms with Gasteiger partial charge in [-0.15, -0.1) is 0 Å². The molecule has 1 unspecified atom stereocenters. The standard InChI is InChI=1S/C19H26N2O4/c1-5-12-10-20-8-9-21(18(24)25-19(2,3)4)11-13-6-7-14(17(22)23)15(12)16(13)20/h6-7,12H,5,8-11H2,1-4H3,(H,22,23). The lowest BCUT2D eigenvalue weighted by molar-refractivity contribution is 0.0243. The maximum Gasteiger partial charge on any atom is 0.410 e. The van der Waals surface area contributed by atoms with Gasteiger partial charge >= 0.3 is 12.1 Å². The summed E-state index contributed by atoms with van der Waals surface area (Å²) in [7, 11) is 0. The fourth-order valence-corrected chi connectivity index (χ4v) is 3.75. The second kappa shape index (κ2) is 6.24. The molecule has 0 spiro atoms. The SMILES string of the molecule is CCC1CN2CCN(C(=O)OC(C)(C)C)Cc3ccc(C(=O)O)c1c32. The summed E-state index contributed by atoms with van der Waals surface area (Å²) >= 11 is 0. The monoisotopic (exact) mass is 346 g/mol. The van der Waals surface area contributed by atoms with E-state index in [1.54, 1.807) is 11.0 Å². The summed E-state index contributed by atoms with van der Waals surface area (Å²) in [6.45, 7) is 10.2. The Hall–Kier alpha value is -2.24. The third kappa shape index (κ3) is 3.30. The normalized spacial score (nSPS) is 19.4. The molecule has 2 aliphatic rings. The molecule has 0 bridgehead atoms. The number of hydrogen-bond donors (Lipinski definition) is 1. The zero-order valence-corrected chi connectivity index (χ0v) is 15.3. The Kier molecular flexibility index (Phi) is 4.39. The summed E-state index contributed by atoms with van der Waals surface area (Å²) in [4.78, 5) is 28.1. The van der Waals surface area contributed by atoms with Crippen molar-refractivity contribution in [2.75, 3.05) is 24.5 Å². The van der Waals surface area contributed by atoms with Crippen molar-refractivity contribution in [3.8, 4) is 0 Å². The Balaban J connectivity index is 1.97. The van der Waals surface area contributed by atoms with Crippen molar-refractivity contribution in [2.45, 2.75) is 52.2 Å². The van der Waals surface area contributed by atoms with Crippen LogP contribution in [-0.4, -0.2) is 47.3 Å². The van der Waals surface area contributed by atoms with E-state index in [0.29, 0.717) is 25.2 Å². The summed E-state index contributed by atoms with van der Waals surface area (Å²) in [6.07, 6.45) is 0.583. The average Bonchev–Trinajstić information content (AvgIpc) is 2.77. The maximum atomic E-state index is 12.5. The number of carbonyl (C=O) groups is 2. The Labute approximate surface area is 148 Å². The van der Waals surface area contributed by atoms with Crippen LogP contribution in [0, 0.1) is 0 Å². The molecule has 0 aliphatic carbocycles. The van der Waals surface area contributed by atoms with Crippen molar-refractivity contribution >= 4 is 17.7 Å². The zero-order chi connectivity index (χ0) is 18.4. The number of aromatic carboxylic acids is 1. The molecular weight excluding hydrogens is 320 g/mol. The number of hydrogen-bond acceptors (Lipinski definition) is 4. The van der Waals surface area contributed by atoms with Crippen LogP contribution in [0.3, 0.4) is 0 Å². The van der Waals surface area contributed by atoms with Crippen molar-refractivity contribution in [2.24, 2.45) is 0 Å². The highest BCUT2D eigenvalue weighted by molar-refractivity contribution is 5.93. The Bertz CT molecular complexity index is 708. The second-order valence-electron chi connectivity index (χ2n) is 7.79. The van der Waals surface area contributed by atoms with E-state index in [4.69, 9.17) is 4.74 Å². The third-order valence-corrected chi connectivity index (χ3v) is 4.84. The van der Waals surface area contributed by atoms with Gasteiger partial charge in [0.1, 0.15) is 5.60 Å². The molecule has 1 aromatic carbocycles. The number of rotatable bonds is 2. The first kappa shape index (κ1) is 17.6. The first-order valence-corrected chi connectivity index (χ1v) is 8.83. The van der Waals surface area contributed by atoms with Gasteiger partial charge in [0, 0.05) is 31.2 Å². The number of carboxylic acids is 1. The van der Waals surface area contributed by atoms with E-state index in [9.17, 15) is 14.7 Å². The van der Waals surface area contributed by atoms with Crippen molar-refractivity contribution < 1.29 is 19.4 Å². The van der Waals surface area contributed by atoms with Crippen LogP contribution < -0.4 is 4.90 Å². The van der Waals surface area contributed by atoms with Crippen LogP contribution in [0.5, 0.6) is 0 Å². The van der Waals surface area contributed by atoms with Gasteiger partial charge in [-0.05, 0) is 44.4 Å². The molecule has 25 heavy (non-hydrogen) atoms. The molecule has 0 saturated heterocycles. The fraction of sp³-hybridized carbons (Fsp3) is 0.579. The lowest BCUT2D eigenvalue weighted by atomic mass is 9.92. The van der Waals surface area contributed by atoms with Crippen molar-refractivity contribution in [3.63, 3.8) is 0 Å². The highest BCUT2D eigenvalue weighted by Crippen LogP contribution is 2.44. The Morgan fingerprint density at radius 2 is 2.00 bits per heavy atom. The number of anilines is 1. The Morgan fingerprint density at radius 1 is 1.28 bits per heavy atom. The molecule has 136 valence electrons. The molecule has 3 rings (SSSR count). The summed E-state index contributed by atoms with van der Waals surface area (Å²) < 4.78 is 5.51. The van der Waals surface area contributed by atoms with Crippen LogP contribution in [0.1, 0.15) is 61.5 Å². The van der Waals surface area contributed by atoms with Crippen LogP contribution in [0.2, 0.25) is 0 Å². The molecule has 1 amide bonds. The number of amides is 1. The zero-order valence-electron chi connectivity index (χ0n) is 15.3. The number of carboxylic acid groups (broad SMARTS) is 1. The van der Waals surface area contributed by atoms with Crippen LogP contribution in [0.15, 0.2) is 12.1 Å². The summed E-state index contributed by atoms with van der Waals surface area (Å²) in [5.41, 5.74) is 2.80. The highest BCUT2D eigenvalue weighted by atomic mass is 16.6. The van der Waals surface area contributed by atoms with E-state index in [1.807, 2.05) is 26.8 Å². The topological polar surface area (TPSA) is 70.1 Å². The highest BCUT2D eigenvalue weighted by Gasteiger charge is 2.37. The van der Waals surface area contributed by atoms with Crippen molar-refractivity contribution in [1.29, 1.82) is 0 Å². The van der Waals surface area contributed by atoms with Gasteiger partial charge in [-0.2, -0.15) is 0 Å². The lowest BCUT2D eigenvalue weighted by Gasteiger charge is -2.27. The fourth-order valence-electron chi connectivity index (χ4n) is 3.75. The molecular formula is C19H26N2O4. The predicted octanol–water partition coefficient (Wildman–Crippen LogP) is 3.45. The predicted molar refractivity (Wildman–Crippen MR) is 95.3 cm³/mol. The molecule has 6 nitrogen and oxygen atoms in total. The molecule has 0 aromatic heterocycles. The van der Waals surface area contributed by atoms with Crippen LogP contribution in [-0.2, 0) is 11.3 Å². The summed E-state index contributed by atoms with van der Waals surface area (Å²) in [6, 6.07) is 3.53. The molecule has 1 atom stereocenters. The minimum atomic E-state index is -0.883. The van der Waals surface area contributed by atoms with Gasteiger partial charge in [0.15, 0.2) is 0 Å². The van der Waals surface area contributed by atoms with E-state index in [-0.39, 0.29) is 12.0 Å². The second-order valence-corrected chi connectivity index (χ2v) is 7.79. The average molecular weight is 346 g/mol. The van der Waals surface area contributed by atoms with Gasteiger partial charge in [0.05, 0.1) is 12.1 Å². The number of ether oxygens (including phenoxy) is 1. The van der Waals surface area contributed by atoms with Gasteiger partial charge in [-0.25, -0.2) is 9.59 Å². The first-order chi connectivity index (χ1) is 11.7.